The SMILES string of the molecule is CCC(=O)C1CC(C)(C)Oc2cc(OC)ccc21. The Hall–Kier alpha value is -1.51. The van der Waals surface area contributed by atoms with Crippen molar-refractivity contribution in [2.24, 2.45) is 0 Å². The average molecular weight is 248 g/mol. The summed E-state index contributed by atoms with van der Waals surface area (Å²) < 4.78 is 11.2. The van der Waals surface area contributed by atoms with E-state index in [1.807, 2.05) is 39.0 Å². The Morgan fingerprint density at radius 2 is 2.22 bits per heavy atom. The van der Waals surface area contributed by atoms with Crippen molar-refractivity contribution < 1.29 is 14.3 Å². The third-order valence-electron chi connectivity index (χ3n) is 3.42. The van der Waals surface area contributed by atoms with Crippen LogP contribution in [0.1, 0.15) is 45.1 Å². The number of Topliss-reactive ketones (excluding diaryl/α,β-unsaturated/α-hetero) is 1. The molecule has 1 aromatic rings. The van der Waals surface area contributed by atoms with Gasteiger partial charge < -0.3 is 9.47 Å². The van der Waals surface area contributed by atoms with Crippen LogP contribution in [0.5, 0.6) is 11.5 Å². The van der Waals surface area contributed by atoms with E-state index in [-0.39, 0.29) is 17.3 Å². The minimum absolute atomic E-state index is 0.0559. The Morgan fingerprint density at radius 1 is 1.50 bits per heavy atom. The number of methoxy groups -OCH3 is 1. The molecule has 0 radical (unpaired) electrons. The highest BCUT2D eigenvalue weighted by Crippen LogP contribution is 2.43. The molecule has 18 heavy (non-hydrogen) atoms. The fourth-order valence-electron chi connectivity index (χ4n) is 2.49. The predicted octanol–water partition coefficient (Wildman–Crippen LogP) is 3.32. The molecule has 1 aliphatic heterocycles. The van der Waals surface area contributed by atoms with Crippen LogP contribution in [0.3, 0.4) is 0 Å². The van der Waals surface area contributed by atoms with Crippen molar-refractivity contribution in [3.63, 3.8) is 0 Å². The number of rotatable bonds is 3. The van der Waals surface area contributed by atoms with Crippen molar-refractivity contribution in [1.82, 2.24) is 0 Å². The number of fused-ring (bicyclic) bond motifs is 1. The number of benzene rings is 1. The monoisotopic (exact) mass is 248 g/mol. The molecule has 0 aromatic heterocycles. The van der Waals surface area contributed by atoms with E-state index in [1.54, 1.807) is 7.11 Å². The summed E-state index contributed by atoms with van der Waals surface area (Å²) in [6.07, 6.45) is 1.30. The van der Waals surface area contributed by atoms with Gasteiger partial charge in [0.15, 0.2) is 0 Å². The van der Waals surface area contributed by atoms with Crippen molar-refractivity contribution in [2.75, 3.05) is 7.11 Å². The zero-order valence-electron chi connectivity index (χ0n) is 11.4. The molecule has 0 fully saturated rings. The highest BCUT2D eigenvalue weighted by molar-refractivity contribution is 5.86. The summed E-state index contributed by atoms with van der Waals surface area (Å²) in [5.41, 5.74) is 0.677. The summed E-state index contributed by atoms with van der Waals surface area (Å²) in [5, 5.41) is 0. The van der Waals surface area contributed by atoms with Gasteiger partial charge in [0.2, 0.25) is 0 Å². The highest BCUT2D eigenvalue weighted by Gasteiger charge is 2.36. The van der Waals surface area contributed by atoms with Crippen LogP contribution < -0.4 is 9.47 Å². The molecule has 0 spiro atoms. The van der Waals surface area contributed by atoms with E-state index in [2.05, 4.69) is 0 Å². The number of hydrogen-bond acceptors (Lipinski definition) is 3. The lowest BCUT2D eigenvalue weighted by Gasteiger charge is -2.37. The fourth-order valence-corrected chi connectivity index (χ4v) is 2.49. The van der Waals surface area contributed by atoms with Gasteiger partial charge in [0, 0.05) is 24.5 Å². The molecule has 1 heterocycles. The smallest absolute Gasteiger partial charge is 0.140 e. The third-order valence-corrected chi connectivity index (χ3v) is 3.42. The van der Waals surface area contributed by atoms with E-state index in [4.69, 9.17) is 9.47 Å². The highest BCUT2D eigenvalue weighted by atomic mass is 16.5. The van der Waals surface area contributed by atoms with Crippen LogP contribution in [-0.4, -0.2) is 18.5 Å². The van der Waals surface area contributed by atoms with Crippen molar-refractivity contribution in [2.45, 2.75) is 45.1 Å². The predicted molar refractivity (Wildman–Crippen MR) is 70.4 cm³/mol. The summed E-state index contributed by atoms with van der Waals surface area (Å²) >= 11 is 0. The van der Waals surface area contributed by atoms with Gasteiger partial charge in [-0.05, 0) is 19.9 Å². The van der Waals surface area contributed by atoms with Gasteiger partial charge in [0.05, 0.1) is 13.0 Å². The summed E-state index contributed by atoms with van der Waals surface area (Å²) in [7, 11) is 1.63. The van der Waals surface area contributed by atoms with Gasteiger partial charge in [0.1, 0.15) is 22.9 Å². The first-order valence-electron chi connectivity index (χ1n) is 6.36. The summed E-state index contributed by atoms with van der Waals surface area (Å²) in [6, 6.07) is 5.70. The Bertz CT molecular complexity index is 463. The molecular formula is C15H20O3. The van der Waals surface area contributed by atoms with Gasteiger partial charge in [-0.3, -0.25) is 4.79 Å². The van der Waals surface area contributed by atoms with E-state index in [0.717, 1.165) is 23.5 Å². The molecule has 98 valence electrons. The third kappa shape index (κ3) is 2.35. The maximum atomic E-state index is 12.1. The zero-order chi connectivity index (χ0) is 13.3. The maximum absolute atomic E-state index is 12.1. The van der Waals surface area contributed by atoms with E-state index < -0.39 is 0 Å². The topological polar surface area (TPSA) is 35.5 Å². The van der Waals surface area contributed by atoms with Crippen LogP contribution in [0.4, 0.5) is 0 Å². The van der Waals surface area contributed by atoms with Gasteiger partial charge >= 0.3 is 0 Å². The molecular weight excluding hydrogens is 228 g/mol. The number of ether oxygens (including phenoxy) is 2. The Morgan fingerprint density at radius 3 is 2.83 bits per heavy atom. The molecule has 0 saturated heterocycles. The fraction of sp³-hybridized carbons (Fsp3) is 0.533. The van der Waals surface area contributed by atoms with Crippen LogP contribution in [0, 0.1) is 0 Å². The number of hydrogen-bond donors (Lipinski definition) is 0. The number of ketones is 1. The minimum Gasteiger partial charge on any atom is -0.497 e. The van der Waals surface area contributed by atoms with Gasteiger partial charge in [0.25, 0.3) is 0 Å². The van der Waals surface area contributed by atoms with Crippen molar-refractivity contribution in [3.05, 3.63) is 23.8 Å². The summed E-state index contributed by atoms with van der Waals surface area (Å²) in [6.45, 7) is 5.95. The number of carbonyl (C=O) groups excluding carboxylic acids is 1. The quantitative estimate of drug-likeness (QED) is 0.823. The van der Waals surface area contributed by atoms with Gasteiger partial charge in [-0.2, -0.15) is 0 Å². The first-order valence-corrected chi connectivity index (χ1v) is 6.36. The summed E-state index contributed by atoms with van der Waals surface area (Å²) in [5.74, 6) is 1.75. The molecule has 1 aromatic carbocycles. The minimum atomic E-state index is -0.311. The summed E-state index contributed by atoms with van der Waals surface area (Å²) in [4.78, 5) is 12.1. The second-order valence-electron chi connectivity index (χ2n) is 5.34. The first kappa shape index (κ1) is 12.9. The van der Waals surface area contributed by atoms with Crippen molar-refractivity contribution >= 4 is 5.78 Å². The van der Waals surface area contributed by atoms with E-state index in [1.165, 1.54) is 0 Å². The van der Waals surface area contributed by atoms with Crippen molar-refractivity contribution in [3.8, 4) is 11.5 Å². The largest absolute Gasteiger partial charge is 0.497 e. The lowest BCUT2D eigenvalue weighted by molar-refractivity contribution is -0.122. The molecule has 0 bridgehead atoms. The molecule has 0 amide bonds. The Balaban J connectivity index is 2.45. The second kappa shape index (κ2) is 4.63. The lowest BCUT2D eigenvalue weighted by atomic mass is 9.81. The molecule has 0 N–H and O–H groups in total. The second-order valence-corrected chi connectivity index (χ2v) is 5.34. The van der Waals surface area contributed by atoms with Gasteiger partial charge in [-0.15, -0.1) is 0 Å². The molecule has 0 saturated carbocycles. The Labute approximate surface area is 108 Å². The van der Waals surface area contributed by atoms with Gasteiger partial charge in [-0.25, -0.2) is 0 Å². The molecule has 1 aliphatic rings. The zero-order valence-corrected chi connectivity index (χ0v) is 11.4. The normalized spacial score (nSPS) is 20.8. The molecule has 3 heteroatoms. The average Bonchev–Trinajstić information content (AvgIpc) is 2.34. The van der Waals surface area contributed by atoms with E-state index in [9.17, 15) is 4.79 Å². The first-order chi connectivity index (χ1) is 8.46. The maximum Gasteiger partial charge on any atom is 0.140 e. The van der Waals surface area contributed by atoms with Crippen LogP contribution in [-0.2, 0) is 4.79 Å². The molecule has 1 atom stereocenters. The Kier molecular flexibility index (Phi) is 3.33. The molecule has 1 unspecified atom stereocenters. The standard InChI is InChI=1S/C15H20O3/c1-5-13(16)12-9-15(2,3)18-14-8-10(17-4)6-7-11(12)14/h6-8,12H,5,9H2,1-4H3. The molecule has 3 nitrogen and oxygen atoms in total. The van der Waals surface area contributed by atoms with Crippen LogP contribution in [0.2, 0.25) is 0 Å². The van der Waals surface area contributed by atoms with Crippen LogP contribution >= 0.6 is 0 Å². The molecule has 2 rings (SSSR count). The van der Waals surface area contributed by atoms with Crippen LogP contribution in [0.25, 0.3) is 0 Å². The van der Waals surface area contributed by atoms with Crippen LogP contribution in [0.15, 0.2) is 18.2 Å². The van der Waals surface area contributed by atoms with E-state index in [0.29, 0.717) is 6.42 Å². The van der Waals surface area contributed by atoms with Crippen molar-refractivity contribution in [1.29, 1.82) is 0 Å². The number of carbonyl (C=O) groups is 1. The lowest BCUT2D eigenvalue weighted by Crippen LogP contribution is -2.37. The van der Waals surface area contributed by atoms with E-state index >= 15 is 0 Å². The molecule has 0 aliphatic carbocycles. The van der Waals surface area contributed by atoms with Gasteiger partial charge in [-0.1, -0.05) is 13.0 Å².